The summed E-state index contributed by atoms with van der Waals surface area (Å²) in [5, 5.41) is 13.0. The molecule has 0 aliphatic heterocycles. The van der Waals surface area contributed by atoms with Gasteiger partial charge in [-0.05, 0) is 53.6 Å². The third kappa shape index (κ3) is 5.15. The van der Waals surface area contributed by atoms with Gasteiger partial charge in [0.2, 0.25) is 0 Å². The van der Waals surface area contributed by atoms with E-state index in [-0.39, 0.29) is 6.42 Å². The van der Waals surface area contributed by atoms with Crippen LogP contribution in [0, 0.1) is 0 Å². The van der Waals surface area contributed by atoms with Gasteiger partial charge in [-0.15, -0.1) is 0 Å². The second-order valence-electron chi connectivity index (χ2n) is 5.99. The lowest BCUT2D eigenvalue weighted by atomic mass is 10.1. The van der Waals surface area contributed by atoms with Crippen molar-refractivity contribution >= 4 is 30.0 Å². The fourth-order valence-corrected chi connectivity index (χ4v) is 2.54. The van der Waals surface area contributed by atoms with Crippen LogP contribution >= 0.6 is 0 Å². The van der Waals surface area contributed by atoms with Crippen LogP contribution in [0.25, 0.3) is 12.2 Å². The van der Waals surface area contributed by atoms with Gasteiger partial charge in [-0.25, -0.2) is 0 Å². The summed E-state index contributed by atoms with van der Waals surface area (Å²) in [6.07, 6.45) is 9.37. The Bertz CT molecular complexity index is 958. The summed E-state index contributed by atoms with van der Waals surface area (Å²) in [7, 11) is 1.98. The number of hydrazone groups is 1. The first-order valence-electron chi connectivity index (χ1n) is 8.45. The Hall–Kier alpha value is -3.67. The summed E-state index contributed by atoms with van der Waals surface area (Å²) in [6.45, 7) is 0. The molecule has 0 atom stereocenters. The topological polar surface area (TPSA) is 79.5 Å². The van der Waals surface area contributed by atoms with Gasteiger partial charge in [0.05, 0.1) is 24.0 Å². The van der Waals surface area contributed by atoms with Gasteiger partial charge >= 0.3 is 5.97 Å². The normalized spacial score (nSPS) is 11.3. The fourth-order valence-electron chi connectivity index (χ4n) is 2.54. The van der Waals surface area contributed by atoms with Crippen LogP contribution in [-0.4, -0.2) is 26.8 Å². The maximum atomic E-state index is 10.7. The van der Waals surface area contributed by atoms with Gasteiger partial charge in [-0.2, -0.15) is 5.10 Å². The van der Waals surface area contributed by atoms with Crippen LogP contribution in [0.1, 0.15) is 22.5 Å². The summed E-state index contributed by atoms with van der Waals surface area (Å²) in [5.41, 5.74) is 7.62. The number of rotatable bonds is 7. The van der Waals surface area contributed by atoms with Crippen LogP contribution in [0.5, 0.6) is 0 Å². The standard InChI is InChI=1S/C21H20N4O2/c1-25-19(7-4-16-10-12-22-13-11-16)8-9-20(25)15-23-24-18-5-2-17(3-6-18)14-21(26)27/h2-13,15,24H,14H2,1H3,(H,26,27)/b7-4+,23-15+. The van der Waals surface area contributed by atoms with Crippen LogP contribution in [0.4, 0.5) is 5.69 Å². The summed E-state index contributed by atoms with van der Waals surface area (Å²) < 4.78 is 2.04. The molecule has 0 bridgehead atoms. The molecule has 3 aromatic rings. The van der Waals surface area contributed by atoms with E-state index in [1.807, 2.05) is 60.2 Å². The fraction of sp³-hybridized carbons (Fsp3) is 0.0952. The first-order chi connectivity index (χ1) is 13.1. The number of anilines is 1. The Morgan fingerprint density at radius 2 is 1.78 bits per heavy atom. The number of carboxylic acid groups (broad SMARTS) is 1. The highest BCUT2D eigenvalue weighted by molar-refractivity contribution is 5.80. The zero-order valence-corrected chi connectivity index (χ0v) is 14.9. The molecule has 0 aliphatic rings. The number of aliphatic carboxylic acids is 1. The van der Waals surface area contributed by atoms with E-state index in [0.717, 1.165) is 28.2 Å². The number of carboxylic acids is 1. The molecule has 0 unspecified atom stereocenters. The molecule has 136 valence electrons. The molecule has 0 radical (unpaired) electrons. The van der Waals surface area contributed by atoms with Gasteiger partial charge in [0.25, 0.3) is 0 Å². The highest BCUT2D eigenvalue weighted by Crippen LogP contribution is 2.12. The average Bonchev–Trinajstić information content (AvgIpc) is 3.02. The van der Waals surface area contributed by atoms with Crippen LogP contribution in [0.15, 0.2) is 66.0 Å². The van der Waals surface area contributed by atoms with Crippen LogP contribution in [0.2, 0.25) is 0 Å². The maximum Gasteiger partial charge on any atom is 0.307 e. The lowest BCUT2D eigenvalue weighted by molar-refractivity contribution is -0.136. The summed E-state index contributed by atoms with van der Waals surface area (Å²) >= 11 is 0. The molecule has 1 aromatic carbocycles. The van der Waals surface area contributed by atoms with Gasteiger partial charge in [-0.3, -0.25) is 15.2 Å². The molecule has 27 heavy (non-hydrogen) atoms. The molecule has 0 aliphatic carbocycles. The summed E-state index contributed by atoms with van der Waals surface area (Å²) in [5.74, 6) is -0.841. The molecule has 0 fully saturated rings. The van der Waals surface area contributed by atoms with Crippen LogP contribution < -0.4 is 5.43 Å². The van der Waals surface area contributed by atoms with Crippen molar-refractivity contribution in [1.29, 1.82) is 0 Å². The Balaban J connectivity index is 1.62. The van der Waals surface area contributed by atoms with Gasteiger partial charge in [-0.1, -0.05) is 18.2 Å². The molecule has 0 saturated heterocycles. The lowest BCUT2D eigenvalue weighted by Gasteiger charge is -2.03. The molecule has 6 nitrogen and oxygen atoms in total. The minimum atomic E-state index is -0.841. The molecule has 2 aromatic heterocycles. The number of hydrogen-bond acceptors (Lipinski definition) is 4. The predicted molar refractivity (Wildman–Crippen MR) is 108 cm³/mol. The molecule has 0 spiro atoms. The second-order valence-corrected chi connectivity index (χ2v) is 5.99. The third-order valence-corrected chi connectivity index (χ3v) is 4.05. The zero-order chi connectivity index (χ0) is 19.1. The van der Waals surface area contributed by atoms with Crippen molar-refractivity contribution < 1.29 is 9.90 Å². The van der Waals surface area contributed by atoms with Crippen molar-refractivity contribution in [2.24, 2.45) is 12.1 Å². The number of nitrogens with zero attached hydrogens (tertiary/aromatic N) is 3. The first-order valence-corrected chi connectivity index (χ1v) is 8.45. The highest BCUT2D eigenvalue weighted by atomic mass is 16.4. The molecular formula is C21H20N4O2. The molecule has 3 rings (SSSR count). The lowest BCUT2D eigenvalue weighted by Crippen LogP contribution is -2.00. The Kier molecular flexibility index (Phi) is 5.79. The summed E-state index contributed by atoms with van der Waals surface area (Å²) in [6, 6.07) is 15.1. The molecule has 0 saturated carbocycles. The first kappa shape index (κ1) is 18.1. The number of carbonyl (C=O) groups is 1. The van der Waals surface area contributed by atoms with Crippen molar-refractivity contribution in [1.82, 2.24) is 9.55 Å². The number of benzene rings is 1. The smallest absolute Gasteiger partial charge is 0.307 e. The van der Waals surface area contributed by atoms with E-state index in [4.69, 9.17) is 5.11 Å². The summed E-state index contributed by atoms with van der Waals surface area (Å²) in [4.78, 5) is 14.7. The SMILES string of the molecule is Cn1c(/C=C/c2ccncc2)ccc1/C=N/Nc1ccc(CC(=O)O)cc1. The van der Waals surface area contributed by atoms with Crippen molar-refractivity contribution in [2.45, 2.75) is 6.42 Å². The second kappa shape index (κ2) is 8.62. The number of hydrogen-bond donors (Lipinski definition) is 2. The van der Waals surface area contributed by atoms with Crippen LogP contribution in [0.3, 0.4) is 0 Å². The largest absolute Gasteiger partial charge is 0.481 e. The molecule has 2 N–H and O–H groups in total. The number of pyridine rings is 1. The zero-order valence-electron chi connectivity index (χ0n) is 14.9. The van der Waals surface area contributed by atoms with Gasteiger partial charge < -0.3 is 9.67 Å². The quantitative estimate of drug-likeness (QED) is 0.498. The molecule has 6 heteroatoms. The Morgan fingerprint density at radius 1 is 1.07 bits per heavy atom. The van der Waals surface area contributed by atoms with Gasteiger partial charge in [0.15, 0.2) is 0 Å². The average molecular weight is 360 g/mol. The highest BCUT2D eigenvalue weighted by Gasteiger charge is 2.01. The van der Waals surface area contributed by atoms with Gasteiger partial charge in [0, 0.05) is 25.1 Å². The van der Waals surface area contributed by atoms with E-state index >= 15 is 0 Å². The predicted octanol–water partition coefficient (Wildman–Crippen LogP) is 3.66. The van der Waals surface area contributed by atoms with Crippen LogP contribution in [-0.2, 0) is 18.3 Å². The Labute approximate surface area is 157 Å². The van der Waals surface area contributed by atoms with E-state index in [1.54, 1.807) is 30.7 Å². The van der Waals surface area contributed by atoms with Crippen molar-refractivity contribution in [3.63, 3.8) is 0 Å². The van der Waals surface area contributed by atoms with Gasteiger partial charge in [0.1, 0.15) is 0 Å². The molecule has 2 heterocycles. The van der Waals surface area contributed by atoms with Crippen molar-refractivity contribution in [3.05, 3.63) is 83.4 Å². The minimum Gasteiger partial charge on any atom is -0.481 e. The van der Waals surface area contributed by atoms with E-state index < -0.39 is 5.97 Å². The third-order valence-electron chi connectivity index (χ3n) is 4.05. The number of nitrogens with one attached hydrogen (secondary N) is 1. The molecule has 0 amide bonds. The van der Waals surface area contributed by atoms with E-state index in [1.165, 1.54) is 0 Å². The monoisotopic (exact) mass is 360 g/mol. The minimum absolute atomic E-state index is 0.0166. The van der Waals surface area contributed by atoms with E-state index in [0.29, 0.717) is 0 Å². The molecular weight excluding hydrogens is 340 g/mol. The number of aromatic nitrogens is 2. The maximum absolute atomic E-state index is 10.7. The van der Waals surface area contributed by atoms with E-state index in [2.05, 4.69) is 15.5 Å². The Morgan fingerprint density at radius 3 is 2.48 bits per heavy atom. The van der Waals surface area contributed by atoms with Crippen molar-refractivity contribution in [3.8, 4) is 0 Å². The van der Waals surface area contributed by atoms with E-state index in [9.17, 15) is 4.79 Å². The van der Waals surface area contributed by atoms with Crippen molar-refractivity contribution in [2.75, 3.05) is 5.43 Å².